The summed E-state index contributed by atoms with van der Waals surface area (Å²) in [6, 6.07) is 0. The van der Waals surface area contributed by atoms with Crippen LogP contribution in [-0.2, 0) is 14.3 Å². The largest absolute Gasteiger partial charge is 0.463 e. The summed E-state index contributed by atoms with van der Waals surface area (Å²) < 4.78 is 5.06. The lowest BCUT2D eigenvalue weighted by atomic mass is 10.0. The molecule has 0 spiro atoms. The lowest BCUT2D eigenvalue weighted by Gasteiger charge is -2.10. The SMILES string of the molecule is CC(=O)OC(C)CC/C=C(\CC=O)CCC=C(C)C. The van der Waals surface area contributed by atoms with E-state index in [1.54, 1.807) is 0 Å². The minimum Gasteiger partial charge on any atom is -0.463 e. The third-order valence-electron chi connectivity index (χ3n) is 2.74. The van der Waals surface area contributed by atoms with Crippen molar-refractivity contribution in [2.75, 3.05) is 0 Å². The molecule has 0 aromatic heterocycles. The molecule has 0 heterocycles. The Hall–Kier alpha value is -1.38. The number of carbonyl (C=O) groups is 2. The second-order valence-electron chi connectivity index (χ2n) is 5.05. The summed E-state index contributed by atoms with van der Waals surface area (Å²) in [5.74, 6) is -0.242. The van der Waals surface area contributed by atoms with Crippen LogP contribution in [0.5, 0.6) is 0 Å². The molecule has 0 amide bonds. The van der Waals surface area contributed by atoms with Crippen molar-refractivity contribution in [1.82, 2.24) is 0 Å². The average molecular weight is 266 g/mol. The van der Waals surface area contributed by atoms with E-state index >= 15 is 0 Å². The number of aldehydes is 1. The molecular weight excluding hydrogens is 240 g/mol. The van der Waals surface area contributed by atoms with Gasteiger partial charge in [0.05, 0.1) is 6.10 Å². The molecule has 0 saturated carbocycles. The van der Waals surface area contributed by atoms with Gasteiger partial charge in [0, 0.05) is 13.3 Å². The van der Waals surface area contributed by atoms with Crippen molar-refractivity contribution in [3.8, 4) is 0 Å². The molecule has 3 heteroatoms. The Morgan fingerprint density at radius 2 is 1.84 bits per heavy atom. The Bertz CT molecular complexity index is 336. The third-order valence-corrected chi connectivity index (χ3v) is 2.74. The van der Waals surface area contributed by atoms with E-state index in [0.29, 0.717) is 6.42 Å². The highest BCUT2D eigenvalue weighted by Gasteiger charge is 2.04. The first-order valence-corrected chi connectivity index (χ1v) is 6.87. The Balaban J connectivity index is 4.14. The number of allylic oxidation sites excluding steroid dienone is 4. The van der Waals surface area contributed by atoms with Crippen molar-refractivity contribution in [2.45, 2.75) is 65.9 Å². The molecule has 0 bridgehead atoms. The molecule has 1 atom stereocenters. The van der Waals surface area contributed by atoms with Crippen molar-refractivity contribution in [2.24, 2.45) is 0 Å². The van der Waals surface area contributed by atoms with Gasteiger partial charge in [0.15, 0.2) is 0 Å². The van der Waals surface area contributed by atoms with Gasteiger partial charge in [-0.1, -0.05) is 23.3 Å². The molecule has 0 aliphatic rings. The van der Waals surface area contributed by atoms with E-state index in [1.807, 2.05) is 6.92 Å². The van der Waals surface area contributed by atoms with E-state index < -0.39 is 0 Å². The molecule has 19 heavy (non-hydrogen) atoms. The van der Waals surface area contributed by atoms with Crippen LogP contribution in [0.15, 0.2) is 23.3 Å². The summed E-state index contributed by atoms with van der Waals surface area (Å²) in [5.41, 5.74) is 2.47. The van der Waals surface area contributed by atoms with Gasteiger partial charge in [0.1, 0.15) is 6.29 Å². The van der Waals surface area contributed by atoms with Crippen molar-refractivity contribution >= 4 is 12.3 Å². The summed E-state index contributed by atoms with van der Waals surface area (Å²) in [4.78, 5) is 21.4. The van der Waals surface area contributed by atoms with Crippen molar-refractivity contribution < 1.29 is 14.3 Å². The van der Waals surface area contributed by atoms with Gasteiger partial charge in [0.25, 0.3) is 0 Å². The van der Waals surface area contributed by atoms with Gasteiger partial charge in [-0.3, -0.25) is 4.79 Å². The van der Waals surface area contributed by atoms with Gasteiger partial charge in [-0.15, -0.1) is 0 Å². The maximum absolute atomic E-state index is 10.8. The molecule has 0 fully saturated rings. The Morgan fingerprint density at radius 1 is 1.16 bits per heavy atom. The maximum Gasteiger partial charge on any atom is 0.302 e. The van der Waals surface area contributed by atoms with Crippen LogP contribution >= 0.6 is 0 Å². The van der Waals surface area contributed by atoms with E-state index in [0.717, 1.165) is 32.0 Å². The monoisotopic (exact) mass is 266 g/mol. The molecule has 0 aliphatic heterocycles. The number of hydrogen-bond donors (Lipinski definition) is 0. The summed E-state index contributed by atoms with van der Waals surface area (Å²) in [6.45, 7) is 7.45. The van der Waals surface area contributed by atoms with E-state index in [9.17, 15) is 9.59 Å². The highest BCUT2D eigenvalue weighted by Crippen LogP contribution is 2.13. The standard InChI is InChI=1S/C16H26O3/c1-13(2)7-5-9-16(11-12-17)10-6-8-14(3)19-15(4)18/h7,10,12,14H,5-6,8-9,11H2,1-4H3/b16-10-. The highest BCUT2D eigenvalue weighted by molar-refractivity contribution is 5.66. The zero-order chi connectivity index (χ0) is 14.7. The van der Waals surface area contributed by atoms with E-state index in [1.165, 1.54) is 18.1 Å². The number of hydrogen-bond acceptors (Lipinski definition) is 3. The Labute approximate surface area is 116 Å². The summed E-state index contributed by atoms with van der Waals surface area (Å²) in [6.07, 6.45) is 9.20. The second kappa shape index (κ2) is 10.5. The van der Waals surface area contributed by atoms with Gasteiger partial charge in [-0.25, -0.2) is 0 Å². The third kappa shape index (κ3) is 11.4. The topological polar surface area (TPSA) is 43.4 Å². The first kappa shape index (κ1) is 17.6. The van der Waals surface area contributed by atoms with Gasteiger partial charge < -0.3 is 9.53 Å². The average Bonchev–Trinajstić information content (AvgIpc) is 2.27. The smallest absolute Gasteiger partial charge is 0.302 e. The van der Waals surface area contributed by atoms with Gasteiger partial charge in [0.2, 0.25) is 0 Å². The minimum atomic E-state index is -0.242. The predicted molar refractivity (Wildman–Crippen MR) is 77.9 cm³/mol. The van der Waals surface area contributed by atoms with Crippen LogP contribution < -0.4 is 0 Å². The van der Waals surface area contributed by atoms with Crippen LogP contribution in [0.4, 0.5) is 0 Å². The first-order chi connectivity index (χ1) is 8.95. The summed E-state index contributed by atoms with van der Waals surface area (Å²) >= 11 is 0. The fourth-order valence-corrected chi connectivity index (χ4v) is 1.81. The molecule has 1 unspecified atom stereocenters. The van der Waals surface area contributed by atoms with Crippen LogP contribution in [0, 0.1) is 0 Å². The zero-order valence-electron chi connectivity index (χ0n) is 12.6. The Morgan fingerprint density at radius 3 is 2.37 bits per heavy atom. The van der Waals surface area contributed by atoms with E-state index in [-0.39, 0.29) is 12.1 Å². The second-order valence-corrected chi connectivity index (χ2v) is 5.05. The van der Waals surface area contributed by atoms with Crippen LogP contribution in [0.2, 0.25) is 0 Å². The zero-order valence-corrected chi connectivity index (χ0v) is 12.6. The fourth-order valence-electron chi connectivity index (χ4n) is 1.81. The molecule has 0 aliphatic carbocycles. The maximum atomic E-state index is 10.8. The number of ether oxygens (including phenoxy) is 1. The van der Waals surface area contributed by atoms with Crippen LogP contribution in [0.3, 0.4) is 0 Å². The van der Waals surface area contributed by atoms with Crippen molar-refractivity contribution in [3.63, 3.8) is 0 Å². The molecule has 0 radical (unpaired) electrons. The van der Waals surface area contributed by atoms with E-state index in [4.69, 9.17) is 4.74 Å². The molecule has 0 rings (SSSR count). The molecule has 108 valence electrons. The summed E-state index contributed by atoms with van der Waals surface area (Å²) in [5, 5.41) is 0. The van der Waals surface area contributed by atoms with Gasteiger partial charge in [-0.05, 0) is 46.5 Å². The fraction of sp³-hybridized carbons (Fsp3) is 0.625. The van der Waals surface area contributed by atoms with Gasteiger partial charge >= 0.3 is 5.97 Å². The lowest BCUT2D eigenvalue weighted by molar-refractivity contribution is -0.145. The molecular formula is C16H26O3. The normalized spacial score (nSPS) is 12.7. The van der Waals surface area contributed by atoms with Crippen molar-refractivity contribution in [3.05, 3.63) is 23.3 Å². The van der Waals surface area contributed by atoms with Crippen LogP contribution in [-0.4, -0.2) is 18.4 Å². The number of esters is 1. The number of carbonyl (C=O) groups excluding carboxylic acids is 2. The van der Waals surface area contributed by atoms with Gasteiger partial charge in [-0.2, -0.15) is 0 Å². The molecule has 0 aromatic rings. The van der Waals surface area contributed by atoms with Crippen LogP contribution in [0.1, 0.15) is 59.8 Å². The minimum absolute atomic E-state index is 0.0657. The summed E-state index contributed by atoms with van der Waals surface area (Å²) in [7, 11) is 0. The van der Waals surface area contributed by atoms with Crippen LogP contribution in [0.25, 0.3) is 0 Å². The number of rotatable bonds is 9. The Kier molecular flexibility index (Phi) is 9.77. The van der Waals surface area contributed by atoms with E-state index in [2.05, 4.69) is 26.0 Å². The lowest BCUT2D eigenvalue weighted by Crippen LogP contribution is -2.11. The molecule has 0 aromatic carbocycles. The first-order valence-electron chi connectivity index (χ1n) is 6.87. The molecule has 0 saturated heterocycles. The molecule has 0 N–H and O–H groups in total. The predicted octanol–water partition coefficient (Wildman–Crippen LogP) is 3.98. The quantitative estimate of drug-likeness (QED) is 0.360. The molecule has 3 nitrogen and oxygen atoms in total. The highest BCUT2D eigenvalue weighted by atomic mass is 16.5. The van der Waals surface area contributed by atoms with Crippen molar-refractivity contribution in [1.29, 1.82) is 0 Å².